The van der Waals surface area contributed by atoms with E-state index in [1.165, 1.54) is 42.6 Å². The van der Waals surface area contributed by atoms with E-state index in [1.807, 2.05) is 0 Å². The topological polar surface area (TPSA) is 111 Å². The number of nitrogens with zero attached hydrogens (tertiary/aromatic N) is 3. The number of phenolic OH excluding ortho intramolecular Hbond substituents is 1. The number of nitrogens with one attached hydrogen (secondary N) is 2. The lowest BCUT2D eigenvalue weighted by Crippen LogP contribution is -2.36. The van der Waals surface area contributed by atoms with E-state index < -0.39 is 11.7 Å². The minimum atomic E-state index is -0.566. The molecule has 1 aliphatic rings. The van der Waals surface area contributed by atoms with Crippen molar-refractivity contribution in [2.24, 2.45) is 0 Å². The van der Waals surface area contributed by atoms with Crippen LogP contribution in [0.15, 0.2) is 48.7 Å². The van der Waals surface area contributed by atoms with Crippen LogP contribution in [0.5, 0.6) is 5.75 Å². The Morgan fingerprint density at radius 1 is 1.32 bits per heavy atom. The van der Waals surface area contributed by atoms with E-state index in [9.17, 15) is 19.6 Å². The fraction of sp³-hybridized carbons (Fsp3) is 0.208. The first-order chi connectivity index (χ1) is 16.4. The second kappa shape index (κ2) is 10.5. The van der Waals surface area contributed by atoms with Gasteiger partial charge in [0.1, 0.15) is 17.6 Å². The van der Waals surface area contributed by atoms with Crippen LogP contribution in [-0.2, 0) is 9.53 Å². The van der Waals surface area contributed by atoms with E-state index in [1.54, 1.807) is 6.08 Å². The highest BCUT2D eigenvalue weighted by Gasteiger charge is 2.15. The number of fused-ring (bicyclic) bond motifs is 1. The molecule has 3 aromatic rings. The van der Waals surface area contributed by atoms with Crippen molar-refractivity contribution in [3.05, 3.63) is 65.1 Å². The summed E-state index contributed by atoms with van der Waals surface area (Å²) in [5.74, 6) is -1.15. The Balaban J connectivity index is 1.60. The SMILES string of the molecule is N#Cc1cnc2cc(O)c(NC(=O)/C=C/CN3CCOCC3)cc2c1Nc1ccc(F)c(Cl)c1. The van der Waals surface area contributed by atoms with Crippen molar-refractivity contribution < 1.29 is 19.0 Å². The van der Waals surface area contributed by atoms with Crippen molar-refractivity contribution in [2.75, 3.05) is 43.5 Å². The molecule has 3 N–H and O–H groups in total. The first-order valence-corrected chi connectivity index (χ1v) is 10.9. The minimum Gasteiger partial charge on any atom is -0.506 e. The smallest absolute Gasteiger partial charge is 0.248 e. The van der Waals surface area contributed by atoms with Gasteiger partial charge in [-0.3, -0.25) is 14.7 Å². The molecule has 2 aromatic carbocycles. The summed E-state index contributed by atoms with van der Waals surface area (Å²) in [6.07, 6.45) is 4.52. The van der Waals surface area contributed by atoms with E-state index in [4.69, 9.17) is 16.3 Å². The van der Waals surface area contributed by atoms with Crippen LogP contribution in [-0.4, -0.2) is 53.7 Å². The molecule has 1 saturated heterocycles. The number of nitriles is 1. The number of carbonyl (C=O) groups excluding carboxylic acids is 1. The zero-order valence-corrected chi connectivity index (χ0v) is 18.8. The van der Waals surface area contributed by atoms with Gasteiger partial charge in [-0.15, -0.1) is 0 Å². The van der Waals surface area contributed by atoms with Gasteiger partial charge in [-0.2, -0.15) is 5.26 Å². The quantitative estimate of drug-likeness (QED) is 0.358. The number of carbonyl (C=O) groups is 1. The number of benzene rings is 2. The molecular formula is C24H21ClFN5O3. The summed E-state index contributed by atoms with van der Waals surface area (Å²) < 4.78 is 18.8. The van der Waals surface area contributed by atoms with Crippen LogP contribution in [0.4, 0.5) is 21.5 Å². The number of ether oxygens (including phenoxy) is 1. The Morgan fingerprint density at radius 2 is 2.12 bits per heavy atom. The number of morpholine rings is 1. The molecule has 0 atom stereocenters. The minimum absolute atomic E-state index is 0.0728. The third-order valence-electron chi connectivity index (χ3n) is 5.29. The van der Waals surface area contributed by atoms with Gasteiger partial charge in [0, 0.05) is 49.0 Å². The molecule has 0 aliphatic carbocycles. The lowest BCUT2D eigenvalue weighted by molar-refractivity contribution is -0.111. The van der Waals surface area contributed by atoms with Crippen molar-refractivity contribution in [3.8, 4) is 11.8 Å². The number of aromatic nitrogens is 1. The summed E-state index contributed by atoms with van der Waals surface area (Å²) in [5.41, 5.74) is 1.62. The van der Waals surface area contributed by atoms with Crippen LogP contribution in [0.3, 0.4) is 0 Å². The molecular weight excluding hydrogens is 461 g/mol. The highest BCUT2D eigenvalue weighted by Crippen LogP contribution is 2.35. The van der Waals surface area contributed by atoms with Crippen molar-refractivity contribution in [2.45, 2.75) is 0 Å². The lowest BCUT2D eigenvalue weighted by atomic mass is 10.1. The molecule has 0 unspecified atom stereocenters. The Hall–Kier alpha value is -3.71. The molecule has 2 heterocycles. The van der Waals surface area contributed by atoms with Gasteiger partial charge in [-0.05, 0) is 24.3 Å². The Bertz CT molecular complexity index is 1300. The Kier molecular flexibility index (Phi) is 7.23. The zero-order valence-electron chi connectivity index (χ0n) is 18.0. The zero-order chi connectivity index (χ0) is 24.1. The number of phenols is 1. The normalized spacial score (nSPS) is 14.3. The fourth-order valence-corrected chi connectivity index (χ4v) is 3.71. The summed E-state index contributed by atoms with van der Waals surface area (Å²) in [5, 5.41) is 26.1. The molecule has 1 aliphatic heterocycles. The summed E-state index contributed by atoms with van der Waals surface area (Å²) in [6, 6.07) is 9.07. The molecule has 0 spiro atoms. The molecule has 4 rings (SSSR count). The van der Waals surface area contributed by atoms with Crippen LogP contribution in [0.2, 0.25) is 5.02 Å². The molecule has 8 nitrogen and oxygen atoms in total. The van der Waals surface area contributed by atoms with Gasteiger partial charge in [0.05, 0.1) is 40.7 Å². The third-order valence-corrected chi connectivity index (χ3v) is 5.58. The molecule has 1 amide bonds. The predicted octanol–water partition coefficient (Wildman–Crippen LogP) is 4.18. The van der Waals surface area contributed by atoms with Crippen LogP contribution >= 0.6 is 11.6 Å². The van der Waals surface area contributed by atoms with Gasteiger partial charge in [0.15, 0.2) is 0 Å². The van der Waals surface area contributed by atoms with Crippen LogP contribution in [0.1, 0.15) is 5.56 Å². The molecule has 0 saturated carbocycles. The molecule has 1 aromatic heterocycles. The lowest BCUT2D eigenvalue weighted by Gasteiger charge is -2.25. The first-order valence-electron chi connectivity index (χ1n) is 10.5. The maximum Gasteiger partial charge on any atom is 0.248 e. The van der Waals surface area contributed by atoms with Crippen LogP contribution in [0.25, 0.3) is 10.9 Å². The standard InChI is InChI=1S/C24H21ClFN5O3/c25-18-10-16(3-4-19(18)26)29-24-15(13-27)14-28-20-12-22(32)21(11-17(20)24)30-23(33)2-1-5-31-6-8-34-9-7-31/h1-4,10-12,14,32H,5-9H2,(H,28,29)(H,30,33)/b2-1+. The van der Waals surface area contributed by atoms with E-state index in [-0.39, 0.29) is 22.0 Å². The number of aromatic hydroxyl groups is 1. The van der Waals surface area contributed by atoms with Crippen molar-refractivity contribution in [1.29, 1.82) is 5.26 Å². The molecule has 10 heteroatoms. The van der Waals surface area contributed by atoms with E-state index in [0.717, 1.165) is 13.1 Å². The van der Waals surface area contributed by atoms with Gasteiger partial charge >= 0.3 is 0 Å². The Labute approximate surface area is 200 Å². The predicted molar refractivity (Wildman–Crippen MR) is 128 cm³/mol. The van der Waals surface area contributed by atoms with Gasteiger partial charge < -0.3 is 20.5 Å². The highest BCUT2D eigenvalue weighted by atomic mass is 35.5. The van der Waals surface area contributed by atoms with Gasteiger partial charge in [0.2, 0.25) is 5.91 Å². The maximum atomic E-state index is 13.5. The molecule has 0 radical (unpaired) electrons. The number of pyridine rings is 1. The number of hydrogen-bond donors (Lipinski definition) is 3. The average molecular weight is 482 g/mol. The first kappa shape index (κ1) is 23.4. The van der Waals surface area contributed by atoms with E-state index >= 15 is 0 Å². The molecule has 1 fully saturated rings. The van der Waals surface area contributed by atoms with Crippen molar-refractivity contribution in [3.63, 3.8) is 0 Å². The van der Waals surface area contributed by atoms with Crippen LogP contribution in [0, 0.1) is 17.1 Å². The largest absolute Gasteiger partial charge is 0.506 e. The second-order valence-corrected chi connectivity index (χ2v) is 8.01. The van der Waals surface area contributed by atoms with Crippen molar-refractivity contribution >= 4 is 45.5 Å². The van der Waals surface area contributed by atoms with E-state index in [2.05, 4.69) is 26.6 Å². The molecule has 34 heavy (non-hydrogen) atoms. The number of rotatable bonds is 6. The summed E-state index contributed by atoms with van der Waals surface area (Å²) in [4.78, 5) is 18.8. The number of halogens is 2. The monoisotopic (exact) mass is 481 g/mol. The molecule has 174 valence electrons. The Morgan fingerprint density at radius 3 is 2.85 bits per heavy atom. The summed E-state index contributed by atoms with van der Waals surface area (Å²) in [7, 11) is 0. The van der Waals surface area contributed by atoms with E-state index in [0.29, 0.717) is 42.0 Å². The summed E-state index contributed by atoms with van der Waals surface area (Å²) >= 11 is 5.88. The maximum absolute atomic E-state index is 13.5. The second-order valence-electron chi connectivity index (χ2n) is 7.60. The number of anilines is 3. The van der Waals surface area contributed by atoms with Crippen LogP contribution < -0.4 is 10.6 Å². The summed E-state index contributed by atoms with van der Waals surface area (Å²) in [6.45, 7) is 3.57. The third kappa shape index (κ3) is 5.43. The number of amides is 1. The molecule has 0 bridgehead atoms. The highest BCUT2D eigenvalue weighted by molar-refractivity contribution is 6.31. The fourth-order valence-electron chi connectivity index (χ4n) is 3.53. The van der Waals surface area contributed by atoms with Gasteiger partial charge in [0.25, 0.3) is 0 Å². The van der Waals surface area contributed by atoms with Gasteiger partial charge in [-0.1, -0.05) is 17.7 Å². The van der Waals surface area contributed by atoms with Crippen molar-refractivity contribution in [1.82, 2.24) is 9.88 Å². The van der Waals surface area contributed by atoms with Gasteiger partial charge in [-0.25, -0.2) is 4.39 Å². The number of hydrogen-bond acceptors (Lipinski definition) is 7. The average Bonchev–Trinajstić information content (AvgIpc) is 2.83.